The van der Waals surface area contributed by atoms with Crippen molar-refractivity contribution in [3.63, 3.8) is 0 Å². The van der Waals surface area contributed by atoms with E-state index in [2.05, 4.69) is 10.6 Å². The lowest BCUT2D eigenvalue weighted by Gasteiger charge is -2.09. The van der Waals surface area contributed by atoms with Crippen molar-refractivity contribution in [2.24, 2.45) is 0 Å². The van der Waals surface area contributed by atoms with Gasteiger partial charge in [0.05, 0.1) is 15.4 Å². The van der Waals surface area contributed by atoms with Crippen molar-refractivity contribution in [3.05, 3.63) is 104 Å². The van der Waals surface area contributed by atoms with Crippen LogP contribution in [0.3, 0.4) is 0 Å². The SMILES string of the molecule is O=C(COC(=O)c1ccc(NCc2ccccc2)c([N+](=O)[O-])c1)Nc1ccccc1[N+](=O)[O-]. The molecule has 0 radical (unpaired) electrons. The van der Waals surface area contributed by atoms with E-state index in [0.717, 1.165) is 11.6 Å². The molecular weight excluding hydrogens is 432 g/mol. The van der Waals surface area contributed by atoms with Crippen LogP contribution >= 0.6 is 0 Å². The highest BCUT2D eigenvalue weighted by Crippen LogP contribution is 2.27. The summed E-state index contributed by atoms with van der Waals surface area (Å²) in [5.41, 5.74) is 0.323. The number of hydrogen-bond acceptors (Lipinski definition) is 8. The third-order valence-electron chi connectivity index (χ3n) is 4.47. The van der Waals surface area contributed by atoms with Gasteiger partial charge in [-0.15, -0.1) is 0 Å². The Labute approximate surface area is 187 Å². The van der Waals surface area contributed by atoms with Gasteiger partial charge in [-0.1, -0.05) is 42.5 Å². The van der Waals surface area contributed by atoms with E-state index in [1.165, 1.54) is 36.4 Å². The molecule has 0 aliphatic rings. The van der Waals surface area contributed by atoms with E-state index in [1.807, 2.05) is 30.3 Å². The highest BCUT2D eigenvalue weighted by atomic mass is 16.6. The number of ether oxygens (including phenoxy) is 1. The molecule has 33 heavy (non-hydrogen) atoms. The number of nitro benzene ring substituents is 2. The minimum Gasteiger partial charge on any atom is -0.452 e. The van der Waals surface area contributed by atoms with Crippen molar-refractivity contribution in [3.8, 4) is 0 Å². The van der Waals surface area contributed by atoms with Crippen LogP contribution in [0.4, 0.5) is 22.7 Å². The van der Waals surface area contributed by atoms with E-state index in [4.69, 9.17) is 4.74 Å². The fourth-order valence-electron chi connectivity index (χ4n) is 2.89. The van der Waals surface area contributed by atoms with Crippen LogP contribution in [0.2, 0.25) is 0 Å². The predicted molar refractivity (Wildman–Crippen MR) is 119 cm³/mol. The monoisotopic (exact) mass is 450 g/mol. The molecule has 0 atom stereocenters. The molecule has 3 aromatic carbocycles. The maximum atomic E-state index is 12.3. The molecule has 0 unspecified atom stereocenters. The average Bonchev–Trinajstić information content (AvgIpc) is 2.82. The van der Waals surface area contributed by atoms with Gasteiger partial charge < -0.3 is 15.4 Å². The number of nitrogens with zero attached hydrogens (tertiary/aromatic N) is 2. The lowest BCUT2D eigenvalue weighted by atomic mass is 10.1. The third kappa shape index (κ3) is 6.10. The summed E-state index contributed by atoms with van der Waals surface area (Å²) in [6.45, 7) is -0.385. The van der Waals surface area contributed by atoms with Crippen LogP contribution in [0.5, 0.6) is 0 Å². The number of carbonyl (C=O) groups excluding carboxylic acids is 2. The Bertz CT molecular complexity index is 1200. The average molecular weight is 450 g/mol. The molecule has 11 nitrogen and oxygen atoms in total. The number of nitro groups is 2. The van der Waals surface area contributed by atoms with Crippen LogP contribution in [-0.4, -0.2) is 28.3 Å². The van der Waals surface area contributed by atoms with E-state index in [9.17, 15) is 29.8 Å². The summed E-state index contributed by atoms with van der Waals surface area (Å²) in [5, 5.41) is 27.7. The maximum absolute atomic E-state index is 12.3. The zero-order chi connectivity index (χ0) is 23.8. The molecule has 3 rings (SSSR count). The van der Waals surface area contributed by atoms with Crippen LogP contribution in [0, 0.1) is 20.2 Å². The van der Waals surface area contributed by atoms with Crippen LogP contribution in [0.1, 0.15) is 15.9 Å². The lowest BCUT2D eigenvalue weighted by molar-refractivity contribution is -0.384. The summed E-state index contributed by atoms with van der Waals surface area (Å²) in [4.78, 5) is 45.5. The topological polar surface area (TPSA) is 154 Å². The van der Waals surface area contributed by atoms with Gasteiger partial charge in [-0.3, -0.25) is 25.0 Å². The first-order chi connectivity index (χ1) is 15.8. The Morgan fingerprint density at radius 3 is 2.18 bits per heavy atom. The molecule has 0 saturated heterocycles. The van der Waals surface area contributed by atoms with E-state index in [-0.39, 0.29) is 28.3 Å². The van der Waals surface area contributed by atoms with Crippen LogP contribution < -0.4 is 10.6 Å². The number of para-hydroxylation sites is 2. The molecule has 2 N–H and O–H groups in total. The van der Waals surface area contributed by atoms with Crippen molar-refractivity contribution in [2.45, 2.75) is 6.54 Å². The van der Waals surface area contributed by atoms with Gasteiger partial charge >= 0.3 is 5.97 Å². The number of anilines is 2. The van der Waals surface area contributed by atoms with Gasteiger partial charge in [0, 0.05) is 18.7 Å². The largest absolute Gasteiger partial charge is 0.452 e. The van der Waals surface area contributed by atoms with Crippen LogP contribution in [0.15, 0.2) is 72.8 Å². The fraction of sp³-hybridized carbons (Fsp3) is 0.0909. The number of amides is 1. The normalized spacial score (nSPS) is 10.2. The summed E-state index contributed by atoms with van der Waals surface area (Å²) >= 11 is 0. The highest BCUT2D eigenvalue weighted by Gasteiger charge is 2.20. The minimum absolute atomic E-state index is 0.0481. The van der Waals surface area contributed by atoms with E-state index in [1.54, 1.807) is 0 Å². The second kappa shape index (κ2) is 10.5. The molecule has 0 aromatic heterocycles. The number of nitrogens with one attached hydrogen (secondary N) is 2. The van der Waals surface area contributed by atoms with E-state index >= 15 is 0 Å². The van der Waals surface area contributed by atoms with Gasteiger partial charge in [-0.25, -0.2) is 4.79 Å². The fourth-order valence-corrected chi connectivity index (χ4v) is 2.89. The van der Waals surface area contributed by atoms with Crippen molar-refractivity contribution >= 4 is 34.6 Å². The highest BCUT2D eigenvalue weighted by molar-refractivity contribution is 5.97. The van der Waals surface area contributed by atoms with Crippen molar-refractivity contribution in [1.82, 2.24) is 0 Å². The zero-order valence-corrected chi connectivity index (χ0v) is 17.1. The molecule has 0 fully saturated rings. The summed E-state index contributed by atoms with van der Waals surface area (Å²) in [5.74, 6) is -1.75. The van der Waals surface area contributed by atoms with Gasteiger partial charge in [0.2, 0.25) is 0 Å². The molecule has 3 aromatic rings. The van der Waals surface area contributed by atoms with Crippen molar-refractivity contribution < 1.29 is 24.2 Å². The predicted octanol–water partition coefficient (Wildman–Crippen LogP) is 3.91. The number of carbonyl (C=O) groups is 2. The summed E-state index contributed by atoms with van der Waals surface area (Å²) < 4.78 is 4.90. The molecule has 0 saturated carbocycles. The van der Waals surface area contributed by atoms with Gasteiger partial charge in [-0.05, 0) is 23.8 Å². The molecule has 0 heterocycles. The number of hydrogen-bond donors (Lipinski definition) is 2. The Morgan fingerprint density at radius 1 is 0.818 bits per heavy atom. The molecule has 11 heteroatoms. The lowest BCUT2D eigenvalue weighted by Crippen LogP contribution is -2.21. The smallest absolute Gasteiger partial charge is 0.338 e. The summed E-state index contributed by atoms with van der Waals surface area (Å²) in [7, 11) is 0. The molecule has 168 valence electrons. The molecular formula is C22H18N4O7. The van der Waals surface area contributed by atoms with E-state index in [0.29, 0.717) is 6.54 Å². The van der Waals surface area contributed by atoms with Gasteiger partial charge in [0.25, 0.3) is 17.3 Å². The quantitative estimate of drug-likeness (QED) is 0.282. The summed E-state index contributed by atoms with van der Waals surface area (Å²) in [6.07, 6.45) is 0. The molecule has 0 bridgehead atoms. The maximum Gasteiger partial charge on any atom is 0.338 e. The first-order valence-corrected chi connectivity index (χ1v) is 9.62. The second-order valence-corrected chi connectivity index (χ2v) is 6.73. The third-order valence-corrected chi connectivity index (χ3v) is 4.47. The zero-order valence-electron chi connectivity index (χ0n) is 17.1. The second-order valence-electron chi connectivity index (χ2n) is 6.73. The Kier molecular flexibility index (Phi) is 7.27. The number of rotatable bonds is 9. The Hall–Kier alpha value is -4.80. The Balaban J connectivity index is 1.63. The van der Waals surface area contributed by atoms with E-state index < -0.39 is 28.3 Å². The molecule has 0 spiro atoms. The van der Waals surface area contributed by atoms with Crippen molar-refractivity contribution in [2.75, 3.05) is 17.2 Å². The molecule has 1 amide bonds. The Morgan fingerprint density at radius 2 is 1.48 bits per heavy atom. The first-order valence-electron chi connectivity index (χ1n) is 9.62. The van der Waals surface area contributed by atoms with Gasteiger partial charge in [0.1, 0.15) is 11.4 Å². The number of esters is 1. The van der Waals surface area contributed by atoms with Gasteiger partial charge in [-0.2, -0.15) is 0 Å². The van der Waals surface area contributed by atoms with Crippen LogP contribution in [-0.2, 0) is 16.1 Å². The summed E-state index contributed by atoms with van der Waals surface area (Å²) in [6, 6.07) is 18.5. The number of benzene rings is 3. The standard InChI is InChI=1S/C22H18N4O7/c27-21(24-18-8-4-5-9-19(18)25(29)30)14-33-22(28)16-10-11-17(20(12-16)26(31)32)23-13-15-6-2-1-3-7-15/h1-12,23H,13-14H2,(H,24,27). The van der Waals surface area contributed by atoms with Crippen molar-refractivity contribution in [1.29, 1.82) is 0 Å². The van der Waals surface area contributed by atoms with Crippen LogP contribution in [0.25, 0.3) is 0 Å². The van der Waals surface area contributed by atoms with Gasteiger partial charge in [0.15, 0.2) is 6.61 Å². The minimum atomic E-state index is -0.953. The molecule has 0 aliphatic heterocycles. The first kappa shape index (κ1) is 22.9. The molecule has 0 aliphatic carbocycles.